The Morgan fingerprint density at radius 1 is 0.368 bits per heavy atom. The molecule has 0 spiro atoms. The summed E-state index contributed by atoms with van der Waals surface area (Å²) in [6.07, 6.45) is 0. The van der Waals surface area contributed by atoms with Crippen LogP contribution in [-0.2, 0) is 10.8 Å². The lowest BCUT2D eigenvalue weighted by molar-refractivity contribution is 0.685. The summed E-state index contributed by atoms with van der Waals surface area (Å²) in [5.74, 6) is 1.91. The van der Waals surface area contributed by atoms with Crippen molar-refractivity contribution in [2.45, 2.75) is 9.79 Å². The normalized spacial score (nSPS) is 13.2. The number of para-hydroxylation sites is 1. The molecule has 0 saturated heterocycles. The molecule has 10 aromatic rings. The Balaban J connectivity index is 0.981. The molecule has 57 heavy (non-hydrogen) atoms. The van der Waals surface area contributed by atoms with E-state index >= 15 is 0 Å². The molecule has 268 valence electrons. The summed E-state index contributed by atoms with van der Waals surface area (Å²) in [5.41, 5.74) is 12.5. The van der Waals surface area contributed by atoms with Gasteiger partial charge >= 0.3 is 0 Å². The number of aromatic nitrogens is 4. The Hall–Kier alpha value is -7.28. The molecule has 1 aliphatic heterocycles. The summed E-state index contributed by atoms with van der Waals surface area (Å²) in [7, 11) is -1.22. The highest BCUT2D eigenvalue weighted by molar-refractivity contribution is 7.86. The highest BCUT2D eigenvalue weighted by Gasteiger charge is 2.28. The molecule has 6 heteroatoms. The lowest BCUT2D eigenvalue weighted by atomic mass is 9.99. The van der Waals surface area contributed by atoms with Gasteiger partial charge in [0.2, 0.25) is 0 Å². The fraction of sp³-hybridized carbons (Fsp3) is 0. The molecule has 3 heterocycles. The van der Waals surface area contributed by atoms with E-state index in [4.69, 9.17) is 15.0 Å². The molecular formula is C51H32N4OS. The highest BCUT2D eigenvalue weighted by atomic mass is 32.2. The zero-order chi connectivity index (χ0) is 37.9. The van der Waals surface area contributed by atoms with E-state index in [1.54, 1.807) is 0 Å². The van der Waals surface area contributed by atoms with Crippen molar-refractivity contribution >= 4 is 32.6 Å². The Bertz CT molecular complexity index is 3130. The van der Waals surface area contributed by atoms with Gasteiger partial charge in [-0.15, -0.1) is 0 Å². The third kappa shape index (κ3) is 5.61. The van der Waals surface area contributed by atoms with E-state index in [1.807, 2.05) is 78.9 Å². The SMILES string of the molecule is O=S1c2ccccc2-c2cccc(-c3ccc(-n4c5ccccc5c5cc(-c6cccc(-c7nc(-c8ccccc8)nc(-c8ccccc8)n7)c6)ccc54)cc3)c21. The van der Waals surface area contributed by atoms with Crippen LogP contribution < -0.4 is 0 Å². The van der Waals surface area contributed by atoms with Gasteiger partial charge < -0.3 is 4.57 Å². The van der Waals surface area contributed by atoms with Crippen LogP contribution in [0.5, 0.6) is 0 Å². The Labute approximate surface area is 332 Å². The predicted octanol–water partition coefficient (Wildman–Crippen LogP) is 12.5. The van der Waals surface area contributed by atoms with E-state index in [2.05, 4.69) is 120 Å². The van der Waals surface area contributed by atoms with Gasteiger partial charge in [-0.05, 0) is 70.3 Å². The lowest BCUT2D eigenvalue weighted by Crippen LogP contribution is -2.00. The van der Waals surface area contributed by atoms with Gasteiger partial charge in [0.15, 0.2) is 17.5 Å². The number of benzene rings is 8. The summed E-state index contributed by atoms with van der Waals surface area (Å²) in [5, 5.41) is 2.35. The van der Waals surface area contributed by atoms with E-state index in [0.717, 1.165) is 76.6 Å². The fourth-order valence-electron chi connectivity index (χ4n) is 8.13. The van der Waals surface area contributed by atoms with Gasteiger partial charge in [-0.25, -0.2) is 19.2 Å². The summed E-state index contributed by atoms with van der Waals surface area (Å²) in [6.45, 7) is 0. The molecule has 0 fully saturated rings. The second kappa shape index (κ2) is 13.5. The molecule has 0 N–H and O–H groups in total. The van der Waals surface area contributed by atoms with E-state index in [9.17, 15) is 4.21 Å². The number of hydrogen-bond donors (Lipinski definition) is 0. The van der Waals surface area contributed by atoms with Gasteiger partial charge in [0.25, 0.3) is 0 Å². The summed E-state index contributed by atoms with van der Waals surface area (Å²) in [4.78, 5) is 16.6. The minimum absolute atomic E-state index is 0.627. The van der Waals surface area contributed by atoms with Crippen molar-refractivity contribution in [3.05, 3.63) is 194 Å². The fourth-order valence-corrected chi connectivity index (χ4v) is 9.70. The zero-order valence-corrected chi connectivity index (χ0v) is 31.4. The molecule has 0 radical (unpaired) electrons. The van der Waals surface area contributed by atoms with E-state index in [-0.39, 0.29) is 0 Å². The first kappa shape index (κ1) is 33.1. The molecule has 1 unspecified atom stereocenters. The summed E-state index contributed by atoms with van der Waals surface area (Å²) < 4.78 is 16.0. The first-order valence-electron chi connectivity index (χ1n) is 18.9. The van der Waals surface area contributed by atoms with Gasteiger partial charge in [-0.1, -0.05) is 152 Å². The van der Waals surface area contributed by atoms with Crippen LogP contribution in [0, 0.1) is 0 Å². The van der Waals surface area contributed by atoms with Crippen molar-refractivity contribution < 1.29 is 4.21 Å². The Morgan fingerprint density at radius 2 is 0.895 bits per heavy atom. The number of rotatable bonds is 6. The van der Waals surface area contributed by atoms with Crippen molar-refractivity contribution in [2.75, 3.05) is 0 Å². The molecule has 11 rings (SSSR count). The number of fused-ring (bicyclic) bond motifs is 6. The second-order valence-corrected chi connectivity index (χ2v) is 15.6. The number of hydrogen-bond acceptors (Lipinski definition) is 4. The van der Waals surface area contributed by atoms with E-state index < -0.39 is 10.8 Å². The monoisotopic (exact) mass is 748 g/mol. The average Bonchev–Trinajstić information content (AvgIpc) is 3.78. The maximum Gasteiger partial charge on any atom is 0.164 e. The zero-order valence-electron chi connectivity index (χ0n) is 30.6. The minimum atomic E-state index is -1.22. The maximum absolute atomic E-state index is 13.7. The first-order chi connectivity index (χ1) is 28.2. The van der Waals surface area contributed by atoms with Gasteiger partial charge in [0, 0.05) is 38.7 Å². The van der Waals surface area contributed by atoms with Gasteiger partial charge in [-0.3, -0.25) is 0 Å². The standard InChI is InChI=1S/C51H32N4OS/c56-57-47-24-10-8-20-42(47)43-22-12-21-40(48(43)57)33-25-28-39(29-26-33)55-45-23-9-7-19-41(45)44-32-37(27-30-46(44)55)36-17-11-18-38(31-36)51-53-49(34-13-3-1-4-14-34)52-50(54-51)35-15-5-2-6-16-35/h1-32H. The quantitative estimate of drug-likeness (QED) is 0.170. The molecule has 0 aliphatic carbocycles. The van der Waals surface area contributed by atoms with Crippen molar-refractivity contribution in [1.82, 2.24) is 19.5 Å². The molecule has 1 aliphatic rings. The Morgan fingerprint density at radius 3 is 1.65 bits per heavy atom. The van der Waals surface area contributed by atoms with Gasteiger partial charge in [-0.2, -0.15) is 0 Å². The average molecular weight is 749 g/mol. The maximum atomic E-state index is 13.7. The van der Waals surface area contributed by atoms with Gasteiger partial charge in [0.05, 0.1) is 31.6 Å². The first-order valence-corrected chi connectivity index (χ1v) is 20.1. The number of nitrogens with zero attached hydrogens (tertiary/aromatic N) is 4. The molecule has 0 bridgehead atoms. The molecule has 1 atom stereocenters. The van der Waals surface area contributed by atoms with Crippen LogP contribution in [0.25, 0.3) is 95.0 Å². The molecule has 0 amide bonds. The molecule has 2 aromatic heterocycles. The molecular weight excluding hydrogens is 717 g/mol. The highest BCUT2D eigenvalue weighted by Crippen LogP contribution is 2.45. The van der Waals surface area contributed by atoms with Crippen LogP contribution in [0.4, 0.5) is 0 Å². The Kier molecular flexibility index (Phi) is 7.83. The second-order valence-electron chi connectivity index (χ2n) is 14.2. The topological polar surface area (TPSA) is 60.7 Å². The van der Waals surface area contributed by atoms with Crippen molar-refractivity contribution in [1.29, 1.82) is 0 Å². The van der Waals surface area contributed by atoms with Crippen LogP contribution in [0.15, 0.2) is 204 Å². The van der Waals surface area contributed by atoms with Crippen molar-refractivity contribution in [3.63, 3.8) is 0 Å². The summed E-state index contributed by atoms with van der Waals surface area (Å²) in [6, 6.07) is 66.8. The predicted molar refractivity (Wildman–Crippen MR) is 231 cm³/mol. The van der Waals surface area contributed by atoms with Crippen LogP contribution >= 0.6 is 0 Å². The van der Waals surface area contributed by atoms with Crippen LogP contribution in [0.2, 0.25) is 0 Å². The van der Waals surface area contributed by atoms with E-state index in [1.165, 1.54) is 10.8 Å². The third-order valence-electron chi connectivity index (χ3n) is 10.8. The van der Waals surface area contributed by atoms with E-state index in [0.29, 0.717) is 17.5 Å². The van der Waals surface area contributed by atoms with Crippen LogP contribution in [-0.4, -0.2) is 23.7 Å². The van der Waals surface area contributed by atoms with Crippen molar-refractivity contribution in [2.24, 2.45) is 0 Å². The smallest absolute Gasteiger partial charge is 0.164 e. The van der Waals surface area contributed by atoms with Crippen LogP contribution in [0.1, 0.15) is 0 Å². The molecule has 5 nitrogen and oxygen atoms in total. The van der Waals surface area contributed by atoms with Crippen LogP contribution in [0.3, 0.4) is 0 Å². The molecule has 0 saturated carbocycles. The minimum Gasteiger partial charge on any atom is -0.309 e. The third-order valence-corrected chi connectivity index (χ3v) is 12.4. The van der Waals surface area contributed by atoms with Gasteiger partial charge in [0.1, 0.15) is 0 Å². The lowest BCUT2D eigenvalue weighted by Gasteiger charge is -2.12. The van der Waals surface area contributed by atoms with Crippen molar-refractivity contribution in [3.8, 4) is 73.2 Å². The molecule has 8 aromatic carbocycles. The largest absolute Gasteiger partial charge is 0.309 e. The summed E-state index contributed by atoms with van der Waals surface area (Å²) >= 11 is 0.